The summed E-state index contributed by atoms with van der Waals surface area (Å²) in [5.41, 5.74) is 1.53. The molecule has 1 unspecified atom stereocenters. The van der Waals surface area contributed by atoms with Crippen LogP contribution < -0.4 is 0 Å². The van der Waals surface area contributed by atoms with Gasteiger partial charge in [0.2, 0.25) is 0 Å². The summed E-state index contributed by atoms with van der Waals surface area (Å²) in [4.78, 5) is 0. The lowest BCUT2D eigenvalue weighted by atomic mass is 9.88. The highest BCUT2D eigenvalue weighted by Gasteiger charge is 2.13. The summed E-state index contributed by atoms with van der Waals surface area (Å²) in [6, 6.07) is 0. The van der Waals surface area contributed by atoms with Gasteiger partial charge in [0.1, 0.15) is 0 Å². The smallest absolute Gasteiger partial charge is 0.00493 e. The normalized spacial score (nSPS) is 30.2. The monoisotopic (exact) mass is 118 g/mol. The fraction of sp³-hybridized carbons (Fsp3) is 0.333. The lowest BCUT2D eigenvalue weighted by Crippen LogP contribution is -2.03. The van der Waals surface area contributed by atoms with E-state index in [-0.39, 0.29) is 0 Å². The third kappa shape index (κ3) is 0.748. The van der Waals surface area contributed by atoms with Crippen LogP contribution in [0.4, 0.5) is 0 Å². The maximum absolute atomic E-state index is 2.31. The highest BCUT2D eigenvalue weighted by molar-refractivity contribution is 5.34. The van der Waals surface area contributed by atoms with Crippen molar-refractivity contribution >= 4 is 0 Å². The molecule has 0 nitrogen and oxygen atoms in total. The molecular weight excluding hydrogens is 108 g/mol. The van der Waals surface area contributed by atoms with Gasteiger partial charge in [-0.3, -0.25) is 0 Å². The molecule has 0 bridgehead atoms. The lowest BCUT2D eigenvalue weighted by molar-refractivity contribution is 0.729. The zero-order valence-electron chi connectivity index (χ0n) is 5.38. The Bertz CT molecular complexity index is 194. The molecule has 0 saturated heterocycles. The molecule has 0 radical (unpaired) electrons. The van der Waals surface area contributed by atoms with Crippen molar-refractivity contribution in [3.8, 4) is 0 Å². The van der Waals surface area contributed by atoms with E-state index in [1.165, 1.54) is 12.0 Å². The Kier molecular flexibility index (Phi) is 1.05. The summed E-state index contributed by atoms with van der Waals surface area (Å²) < 4.78 is 0. The van der Waals surface area contributed by atoms with Crippen LogP contribution in [0.5, 0.6) is 0 Å². The van der Waals surface area contributed by atoms with Crippen LogP contribution in [0, 0.1) is 5.92 Å². The Hall–Kier alpha value is -0.780. The number of hydrogen-bond acceptors (Lipinski definition) is 0. The second-order valence-electron chi connectivity index (χ2n) is 2.61. The van der Waals surface area contributed by atoms with Crippen molar-refractivity contribution in [2.75, 3.05) is 0 Å². The van der Waals surface area contributed by atoms with Gasteiger partial charge in [0.15, 0.2) is 0 Å². The summed E-state index contributed by atoms with van der Waals surface area (Å²) in [5.74, 6) is 0.767. The predicted molar refractivity (Wildman–Crippen MR) is 39.1 cm³/mol. The average molecular weight is 118 g/mol. The molecule has 2 rings (SSSR count). The molecule has 2 aliphatic carbocycles. The van der Waals surface area contributed by atoms with Crippen molar-refractivity contribution in [2.45, 2.75) is 12.8 Å². The van der Waals surface area contributed by atoms with Crippen molar-refractivity contribution in [1.82, 2.24) is 0 Å². The Balaban J connectivity index is 2.13. The van der Waals surface area contributed by atoms with Crippen LogP contribution in [0.15, 0.2) is 36.0 Å². The summed E-state index contributed by atoms with van der Waals surface area (Å²) in [6.07, 6.45) is 13.7. The average Bonchev–Trinajstić information content (AvgIpc) is 2.11. The van der Waals surface area contributed by atoms with Crippen LogP contribution in [0.1, 0.15) is 12.8 Å². The van der Waals surface area contributed by atoms with E-state index in [2.05, 4.69) is 30.4 Å². The topological polar surface area (TPSA) is 0 Å². The molecule has 9 heavy (non-hydrogen) atoms. The minimum Gasteiger partial charge on any atom is -0.0870 e. The van der Waals surface area contributed by atoms with Crippen molar-refractivity contribution in [3.63, 3.8) is 0 Å². The molecule has 0 aromatic rings. The molecule has 0 spiro atoms. The molecule has 46 valence electrons. The molecule has 1 atom stereocenters. The number of allylic oxidation sites excluding steroid dienone is 6. The van der Waals surface area contributed by atoms with Crippen molar-refractivity contribution < 1.29 is 0 Å². The lowest BCUT2D eigenvalue weighted by Gasteiger charge is -2.17. The van der Waals surface area contributed by atoms with E-state index in [0.29, 0.717) is 0 Å². The van der Waals surface area contributed by atoms with Gasteiger partial charge in [-0.1, -0.05) is 30.4 Å². The van der Waals surface area contributed by atoms with Crippen LogP contribution in [0.25, 0.3) is 0 Å². The highest BCUT2D eigenvalue weighted by Crippen LogP contribution is 2.28. The van der Waals surface area contributed by atoms with Crippen LogP contribution in [-0.2, 0) is 0 Å². The Morgan fingerprint density at radius 2 is 2.22 bits per heavy atom. The Morgan fingerprint density at radius 3 is 2.67 bits per heavy atom. The zero-order valence-corrected chi connectivity index (χ0v) is 5.38. The first kappa shape index (κ1) is 5.04. The molecule has 0 aliphatic heterocycles. The van der Waals surface area contributed by atoms with Gasteiger partial charge in [-0.15, -0.1) is 0 Å². The van der Waals surface area contributed by atoms with E-state index in [4.69, 9.17) is 0 Å². The van der Waals surface area contributed by atoms with Gasteiger partial charge in [-0.2, -0.15) is 0 Å². The first-order valence-corrected chi connectivity index (χ1v) is 3.50. The van der Waals surface area contributed by atoms with Crippen molar-refractivity contribution in [2.24, 2.45) is 5.92 Å². The Labute approximate surface area is 55.6 Å². The molecule has 0 saturated carbocycles. The van der Waals surface area contributed by atoms with E-state index < -0.39 is 0 Å². The van der Waals surface area contributed by atoms with Crippen LogP contribution in [0.3, 0.4) is 0 Å². The van der Waals surface area contributed by atoms with Gasteiger partial charge in [-0.05, 0) is 18.4 Å². The molecule has 0 heteroatoms. The maximum Gasteiger partial charge on any atom is 0.00493 e. The highest BCUT2D eigenvalue weighted by atomic mass is 14.2. The van der Waals surface area contributed by atoms with E-state index in [1.54, 1.807) is 0 Å². The first-order valence-electron chi connectivity index (χ1n) is 3.50. The first-order chi connectivity index (χ1) is 4.47. The number of rotatable bonds is 1. The largest absolute Gasteiger partial charge is 0.0870 e. The van der Waals surface area contributed by atoms with Gasteiger partial charge < -0.3 is 0 Å². The van der Waals surface area contributed by atoms with Crippen molar-refractivity contribution in [3.05, 3.63) is 36.0 Å². The van der Waals surface area contributed by atoms with Gasteiger partial charge in [-0.25, -0.2) is 0 Å². The standard InChI is InChI=1S/C9H10/c1-2-5-8(4-1)9-6-3-7-9/h1,3-6,9H,2,7H2. The van der Waals surface area contributed by atoms with Gasteiger partial charge in [0.25, 0.3) is 0 Å². The predicted octanol–water partition coefficient (Wildman–Crippen LogP) is 2.45. The molecule has 0 N–H and O–H groups in total. The van der Waals surface area contributed by atoms with E-state index >= 15 is 0 Å². The van der Waals surface area contributed by atoms with Crippen LogP contribution in [0.2, 0.25) is 0 Å². The minimum absolute atomic E-state index is 0.767. The molecule has 0 heterocycles. The van der Waals surface area contributed by atoms with Crippen LogP contribution >= 0.6 is 0 Å². The van der Waals surface area contributed by atoms with Gasteiger partial charge >= 0.3 is 0 Å². The second-order valence-corrected chi connectivity index (χ2v) is 2.61. The molecule has 0 aromatic carbocycles. The summed E-state index contributed by atoms with van der Waals surface area (Å²) >= 11 is 0. The summed E-state index contributed by atoms with van der Waals surface area (Å²) in [6.45, 7) is 0. The fourth-order valence-corrected chi connectivity index (χ4v) is 1.27. The second kappa shape index (κ2) is 1.87. The SMILES string of the molecule is C1=CC(C2C=CC2)=CC1. The molecule has 0 amide bonds. The molecule has 0 aromatic heterocycles. The van der Waals surface area contributed by atoms with Crippen molar-refractivity contribution in [1.29, 1.82) is 0 Å². The third-order valence-corrected chi connectivity index (χ3v) is 1.99. The molecular formula is C9H10. The minimum atomic E-state index is 0.767. The third-order valence-electron chi connectivity index (χ3n) is 1.99. The van der Waals surface area contributed by atoms with E-state index in [9.17, 15) is 0 Å². The maximum atomic E-state index is 2.31. The van der Waals surface area contributed by atoms with Crippen LogP contribution in [-0.4, -0.2) is 0 Å². The fourth-order valence-electron chi connectivity index (χ4n) is 1.27. The Morgan fingerprint density at radius 1 is 1.33 bits per heavy atom. The van der Waals surface area contributed by atoms with E-state index in [0.717, 1.165) is 12.3 Å². The van der Waals surface area contributed by atoms with Gasteiger partial charge in [0, 0.05) is 5.92 Å². The quantitative estimate of drug-likeness (QED) is 0.464. The number of hydrogen-bond donors (Lipinski definition) is 0. The van der Waals surface area contributed by atoms with Gasteiger partial charge in [0.05, 0.1) is 0 Å². The summed E-state index contributed by atoms with van der Waals surface area (Å²) in [5, 5.41) is 0. The van der Waals surface area contributed by atoms with E-state index in [1.807, 2.05) is 0 Å². The molecule has 2 aliphatic rings. The molecule has 0 fully saturated rings. The summed E-state index contributed by atoms with van der Waals surface area (Å²) in [7, 11) is 0. The zero-order chi connectivity index (χ0) is 6.10.